The van der Waals surface area contributed by atoms with Gasteiger partial charge in [0.05, 0.1) is 11.5 Å². The summed E-state index contributed by atoms with van der Waals surface area (Å²) in [6.07, 6.45) is 0.755. The molecule has 0 saturated heterocycles. The predicted molar refractivity (Wildman–Crippen MR) is 77.3 cm³/mol. The third kappa shape index (κ3) is 4.04. The molecule has 0 fully saturated rings. The molecule has 0 radical (unpaired) electrons. The molecule has 0 bridgehead atoms. The standard InChI is InChI=1S/C13H22N4O3/c1-6-7-20-13-10(17(18)19)12(14-9(4)5)15-11(16-13)8(2)3/h8-9H,6-7H2,1-5H3,(H,14,15,16). The third-order valence-electron chi connectivity index (χ3n) is 2.44. The zero-order valence-electron chi connectivity index (χ0n) is 12.6. The van der Waals surface area contributed by atoms with Gasteiger partial charge >= 0.3 is 5.69 Å². The zero-order chi connectivity index (χ0) is 15.3. The molecule has 0 atom stereocenters. The molecular formula is C13H22N4O3. The average Bonchev–Trinajstić information content (AvgIpc) is 2.34. The van der Waals surface area contributed by atoms with E-state index in [4.69, 9.17) is 4.74 Å². The fourth-order valence-electron chi connectivity index (χ4n) is 1.55. The second-order valence-electron chi connectivity index (χ2n) is 5.14. The highest BCUT2D eigenvalue weighted by Crippen LogP contribution is 2.33. The first-order valence-corrected chi connectivity index (χ1v) is 6.82. The smallest absolute Gasteiger partial charge is 0.372 e. The summed E-state index contributed by atoms with van der Waals surface area (Å²) in [4.78, 5) is 19.2. The Balaban J connectivity index is 3.36. The van der Waals surface area contributed by atoms with E-state index in [1.807, 2.05) is 34.6 Å². The van der Waals surface area contributed by atoms with Gasteiger partial charge in [0, 0.05) is 12.0 Å². The quantitative estimate of drug-likeness (QED) is 0.610. The van der Waals surface area contributed by atoms with Crippen LogP contribution in [0.15, 0.2) is 0 Å². The Morgan fingerprint density at radius 1 is 1.30 bits per heavy atom. The first kappa shape index (κ1) is 16.1. The summed E-state index contributed by atoms with van der Waals surface area (Å²) in [7, 11) is 0. The molecule has 0 amide bonds. The largest absolute Gasteiger partial charge is 0.473 e. The van der Waals surface area contributed by atoms with Crippen molar-refractivity contribution in [2.24, 2.45) is 0 Å². The van der Waals surface area contributed by atoms with E-state index in [1.54, 1.807) is 0 Å². The van der Waals surface area contributed by atoms with Crippen molar-refractivity contribution in [2.75, 3.05) is 11.9 Å². The highest BCUT2D eigenvalue weighted by atomic mass is 16.6. The van der Waals surface area contributed by atoms with Crippen molar-refractivity contribution < 1.29 is 9.66 Å². The number of hydrogen-bond acceptors (Lipinski definition) is 6. The number of rotatable bonds is 7. The SMILES string of the molecule is CCCOc1nc(C(C)C)nc(NC(C)C)c1[N+](=O)[O-]. The fourth-order valence-corrected chi connectivity index (χ4v) is 1.55. The Bertz CT molecular complexity index is 475. The molecule has 1 aromatic rings. The van der Waals surface area contributed by atoms with E-state index >= 15 is 0 Å². The molecule has 20 heavy (non-hydrogen) atoms. The molecule has 0 aliphatic carbocycles. The monoisotopic (exact) mass is 282 g/mol. The molecule has 0 aliphatic rings. The first-order valence-electron chi connectivity index (χ1n) is 6.82. The van der Waals surface area contributed by atoms with E-state index < -0.39 is 4.92 Å². The summed E-state index contributed by atoms with van der Waals surface area (Å²) in [5.41, 5.74) is -0.198. The number of aromatic nitrogens is 2. The van der Waals surface area contributed by atoms with Crippen LogP contribution >= 0.6 is 0 Å². The van der Waals surface area contributed by atoms with Gasteiger partial charge < -0.3 is 10.1 Å². The van der Waals surface area contributed by atoms with Crippen LogP contribution in [0.1, 0.15) is 52.8 Å². The Hall–Kier alpha value is -1.92. The molecule has 0 saturated carbocycles. The normalized spacial score (nSPS) is 10.9. The number of hydrogen-bond donors (Lipinski definition) is 1. The van der Waals surface area contributed by atoms with Crippen LogP contribution in [0.3, 0.4) is 0 Å². The number of nitro groups is 1. The van der Waals surface area contributed by atoms with Gasteiger partial charge in [-0.1, -0.05) is 20.8 Å². The van der Waals surface area contributed by atoms with Crippen LogP contribution in [-0.4, -0.2) is 27.5 Å². The van der Waals surface area contributed by atoms with Crippen molar-refractivity contribution in [2.45, 2.75) is 53.0 Å². The van der Waals surface area contributed by atoms with Crippen molar-refractivity contribution in [3.63, 3.8) is 0 Å². The molecule has 1 aromatic heterocycles. The number of ether oxygens (including phenoxy) is 1. The molecule has 0 aromatic carbocycles. The van der Waals surface area contributed by atoms with Gasteiger partial charge in [-0.25, -0.2) is 4.98 Å². The van der Waals surface area contributed by atoms with Crippen LogP contribution in [0.5, 0.6) is 5.88 Å². The molecule has 1 N–H and O–H groups in total. The van der Waals surface area contributed by atoms with Gasteiger partial charge in [-0.15, -0.1) is 0 Å². The molecule has 112 valence electrons. The van der Waals surface area contributed by atoms with E-state index in [1.165, 1.54) is 0 Å². The number of nitrogens with one attached hydrogen (secondary N) is 1. The van der Waals surface area contributed by atoms with E-state index in [0.717, 1.165) is 6.42 Å². The molecular weight excluding hydrogens is 260 g/mol. The van der Waals surface area contributed by atoms with E-state index in [0.29, 0.717) is 12.4 Å². The van der Waals surface area contributed by atoms with Crippen molar-refractivity contribution in [3.8, 4) is 5.88 Å². The maximum absolute atomic E-state index is 11.3. The lowest BCUT2D eigenvalue weighted by Gasteiger charge is -2.14. The molecule has 0 spiro atoms. The van der Waals surface area contributed by atoms with Crippen LogP contribution in [-0.2, 0) is 0 Å². The molecule has 7 nitrogen and oxygen atoms in total. The Labute approximate surface area is 118 Å². The lowest BCUT2D eigenvalue weighted by atomic mass is 10.2. The minimum absolute atomic E-state index is 0.0302. The second kappa shape index (κ2) is 7.02. The minimum atomic E-state index is -0.500. The predicted octanol–water partition coefficient (Wildman–Crippen LogP) is 3.12. The average molecular weight is 282 g/mol. The minimum Gasteiger partial charge on any atom is -0.473 e. The van der Waals surface area contributed by atoms with Crippen molar-refractivity contribution in [3.05, 3.63) is 15.9 Å². The maximum atomic E-state index is 11.3. The second-order valence-corrected chi connectivity index (χ2v) is 5.14. The van der Waals surface area contributed by atoms with Crippen LogP contribution in [0.4, 0.5) is 11.5 Å². The highest BCUT2D eigenvalue weighted by molar-refractivity contribution is 5.62. The summed E-state index contributed by atoms with van der Waals surface area (Å²) >= 11 is 0. The third-order valence-corrected chi connectivity index (χ3v) is 2.44. The molecule has 0 unspecified atom stereocenters. The maximum Gasteiger partial charge on any atom is 0.372 e. The molecule has 1 rings (SSSR count). The van der Waals surface area contributed by atoms with Gasteiger partial charge in [0.15, 0.2) is 0 Å². The summed E-state index contributed by atoms with van der Waals surface area (Å²) in [5.74, 6) is 0.853. The molecule has 1 heterocycles. The van der Waals surface area contributed by atoms with Crippen LogP contribution in [0.2, 0.25) is 0 Å². The Kier molecular flexibility index (Phi) is 5.66. The summed E-state index contributed by atoms with van der Waals surface area (Å²) in [6, 6.07) is 0.0302. The van der Waals surface area contributed by atoms with Crippen LogP contribution in [0, 0.1) is 10.1 Å². The number of anilines is 1. The van der Waals surface area contributed by atoms with Gasteiger partial charge in [0.25, 0.3) is 5.88 Å². The first-order chi connectivity index (χ1) is 9.36. The summed E-state index contributed by atoms with van der Waals surface area (Å²) in [6.45, 7) is 9.98. The van der Waals surface area contributed by atoms with Gasteiger partial charge in [-0.3, -0.25) is 10.1 Å². The van der Waals surface area contributed by atoms with E-state index in [9.17, 15) is 10.1 Å². The van der Waals surface area contributed by atoms with E-state index in [2.05, 4.69) is 15.3 Å². The lowest BCUT2D eigenvalue weighted by molar-refractivity contribution is -0.385. The number of nitrogens with zero attached hydrogens (tertiary/aromatic N) is 3. The van der Waals surface area contributed by atoms with Gasteiger partial charge in [-0.2, -0.15) is 4.98 Å². The molecule has 7 heteroatoms. The zero-order valence-corrected chi connectivity index (χ0v) is 12.6. The van der Waals surface area contributed by atoms with Gasteiger partial charge in [-0.05, 0) is 20.3 Å². The van der Waals surface area contributed by atoms with Crippen LogP contribution < -0.4 is 10.1 Å². The topological polar surface area (TPSA) is 90.2 Å². The molecule has 0 aliphatic heterocycles. The van der Waals surface area contributed by atoms with Crippen molar-refractivity contribution >= 4 is 11.5 Å². The van der Waals surface area contributed by atoms with Crippen LogP contribution in [0.25, 0.3) is 0 Å². The lowest BCUT2D eigenvalue weighted by Crippen LogP contribution is -2.16. The highest BCUT2D eigenvalue weighted by Gasteiger charge is 2.27. The Morgan fingerprint density at radius 2 is 1.95 bits per heavy atom. The van der Waals surface area contributed by atoms with Crippen molar-refractivity contribution in [1.82, 2.24) is 9.97 Å². The summed E-state index contributed by atoms with van der Waals surface area (Å²) in [5, 5.41) is 14.3. The summed E-state index contributed by atoms with van der Waals surface area (Å²) < 4.78 is 5.43. The van der Waals surface area contributed by atoms with Gasteiger partial charge in [0.2, 0.25) is 5.82 Å². The van der Waals surface area contributed by atoms with Gasteiger partial charge in [0.1, 0.15) is 5.82 Å². The van der Waals surface area contributed by atoms with Crippen molar-refractivity contribution in [1.29, 1.82) is 0 Å². The Morgan fingerprint density at radius 3 is 2.40 bits per heavy atom. The van der Waals surface area contributed by atoms with E-state index in [-0.39, 0.29) is 29.3 Å². The fraction of sp³-hybridized carbons (Fsp3) is 0.692.